The van der Waals surface area contributed by atoms with Gasteiger partial charge >= 0.3 is 0 Å². The standard InChI is InChI=1S/C13H13N3OS/c1-9-10(2)18-13(15-9)16-12(17)6-5-11-4-3-7-14-8-11/h3-8H,1-2H3,(H,15,16,17)/b6-5+. The van der Waals surface area contributed by atoms with Gasteiger partial charge in [0.05, 0.1) is 5.69 Å². The highest BCUT2D eigenvalue weighted by Crippen LogP contribution is 2.20. The summed E-state index contributed by atoms with van der Waals surface area (Å²) in [6, 6.07) is 3.71. The second-order valence-electron chi connectivity index (χ2n) is 3.77. The van der Waals surface area contributed by atoms with Crippen molar-refractivity contribution in [3.05, 3.63) is 46.7 Å². The van der Waals surface area contributed by atoms with Crippen LogP contribution in [-0.4, -0.2) is 15.9 Å². The van der Waals surface area contributed by atoms with E-state index in [4.69, 9.17) is 0 Å². The van der Waals surface area contributed by atoms with E-state index < -0.39 is 0 Å². The molecule has 0 aromatic carbocycles. The maximum absolute atomic E-state index is 11.7. The monoisotopic (exact) mass is 259 g/mol. The molecule has 0 atom stereocenters. The highest BCUT2D eigenvalue weighted by atomic mass is 32.1. The summed E-state index contributed by atoms with van der Waals surface area (Å²) in [5.41, 5.74) is 1.84. The van der Waals surface area contributed by atoms with E-state index in [1.165, 1.54) is 17.4 Å². The molecule has 5 heteroatoms. The van der Waals surface area contributed by atoms with Crippen molar-refractivity contribution in [3.63, 3.8) is 0 Å². The third kappa shape index (κ3) is 3.24. The molecule has 2 aromatic heterocycles. The van der Waals surface area contributed by atoms with Gasteiger partial charge in [-0.3, -0.25) is 15.1 Å². The van der Waals surface area contributed by atoms with Crippen LogP contribution in [0.2, 0.25) is 0 Å². The molecule has 2 aromatic rings. The van der Waals surface area contributed by atoms with Crippen molar-refractivity contribution >= 4 is 28.5 Å². The SMILES string of the molecule is Cc1nc(NC(=O)/C=C/c2cccnc2)sc1C. The first-order valence-corrected chi connectivity index (χ1v) is 6.30. The molecule has 0 fully saturated rings. The molecular weight excluding hydrogens is 246 g/mol. The van der Waals surface area contributed by atoms with E-state index in [1.54, 1.807) is 18.5 Å². The largest absolute Gasteiger partial charge is 0.298 e. The van der Waals surface area contributed by atoms with E-state index >= 15 is 0 Å². The molecule has 92 valence electrons. The number of hydrogen-bond acceptors (Lipinski definition) is 4. The number of nitrogens with zero attached hydrogens (tertiary/aromatic N) is 2. The minimum absolute atomic E-state index is 0.187. The van der Waals surface area contributed by atoms with Gasteiger partial charge < -0.3 is 0 Å². The molecule has 0 aliphatic rings. The highest BCUT2D eigenvalue weighted by Gasteiger charge is 2.05. The van der Waals surface area contributed by atoms with Crippen LogP contribution in [0.5, 0.6) is 0 Å². The lowest BCUT2D eigenvalue weighted by atomic mass is 10.2. The van der Waals surface area contributed by atoms with Gasteiger partial charge in [-0.25, -0.2) is 4.98 Å². The van der Waals surface area contributed by atoms with Gasteiger partial charge in [0.15, 0.2) is 5.13 Å². The zero-order chi connectivity index (χ0) is 13.0. The van der Waals surface area contributed by atoms with Gasteiger partial charge in [0.25, 0.3) is 0 Å². The molecular formula is C13H13N3OS. The molecule has 0 aliphatic heterocycles. The average molecular weight is 259 g/mol. The van der Waals surface area contributed by atoms with E-state index in [-0.39, 0.29) is 5.91 Å². The van der Waals surface area contributed by atoms with Crippen LogP contribution >= 0.6 is 11.3 Å². The molecule has 0 unspecified atom stereocenters. The summed E-state index contributed by atoms with van der Waals surface area (Å²) >= 11 is 1.48. The van der Waals surface area contributed by atoms with Crippen LogP contribution in [0.15, 0.2) is 30.6 Å². The van der Waals surface area contributed by atoms with Gasteiger partial charge in [0.1, 0.15) is 0 Å². The minimum Gasteiger partial charge on any atom is -0.298 e. The van der Waals surface area contributed by atoms with E-state index in [0.717, 1.165) is 16.1 Å². The van der Waals surface area contributed by atoms with E-state index in [0.29, 0.717) is 5.13 Å². The van der Waals surface area contributed by atoms with Gasteiger partial charge in [0, 0.05) is 23.3 Å². The Morgan fingerprint density at radius 1 is 1.44 bits per heavy atom. The molecule has 0 aliphatic carbocycles. The lowest BCUT2D eigenvalue weighted by Gasteiger charge is -1.95. The lowest BCUT2D eigenvalue weighted by Crippen LogP contribution is -2.07. The topological polar surface area (TPSA) is 54.9 Å². The van der Waals surface area contributed by atoms with Crippen molar-refractivity contribution in [2.24, 2.45) is 0 Å². The molecule has 1 N–H and O–H groups in total. The Hall–Kier alpha value is -2.01. The number of anilines is 1. The Morgan fingerprint density at radius 2 is 2.28 bits per heavy atom. The van der Waals surface area contributed by atoms with Crippen LogP contribution in [-0.2, 0) is 4.79 Å². The Labute approximate surface area is 109 Å². The first-order valence-electron chi connectivity index (χ1n) is 5.48. The Kier molecular flexibility index (Phi) is 3.84. The van der Waals surface area contributed by atoms with Gasteiger partial charge in [-0.2, -0.15) is 0 Å². The maximum atomic E-state index is 11.7. The summed E-state index contributed by atoms with van der Waals surface area (Å²) in [4.78, 5) is 21.0. The number of rotatable bonds is 3. The van der Waals surface area contributed by atoms with Crippen LogP contribution in [0.3, 0.4) is 0 Å². The summed E-state index contributed by atoms with van der Waals surface area (Å²) in [6.07, 6.45) is 6.58. The van der Waals surface area contributed by atoms with Crippen LogP contribution in [0.25, 0.3) is 6.08 Å². The molecule has 2 heterocycles. The lowest BCUT2D eigenvalue weighted by molar-refractivity contribution is -0.111. The number of aryl methyl sites for hydroxylation is 2. The molecule has 0 bridgehead atoms. The van der Waals surface area contributed by atoms with E-state index in [1.807, 2.05) is 26.0 Å². The summed E-state index contributed by atoms with van der Waals surface area (Å²) in [7, 11) is 0. The third-order valence-electron chi connectivity index (χ3n) is 2.37. The predicted molar refractivity (Wildman–Crippen MR) is 73.5 cm³/mol. The smallest absolute Gasteiger partial charge is 0.250 e. The molecule has 0 spiro atoms. The molecule has 4 nitrogen and oxygen atoms in total. The van der Waals surface area contributed by atoms with Crippen LogP contribution in [0.4, 0.5) is 5.13 Å². The number of thiazole rings is 1. The number of aromatic nitrogens is 2. The van der Waals surface area contributed by atoms with Crippen molar-refractivity contribution in [1.29, 1.82) is 0 Å². The number of hydrogen-bond donors (Lipinski definition) is 1. The normalized spacial score (nSPS) is 10.8. The van der Waals surface area contributed by atoms with Gasteiger partial charge in [-0.15, -0.1) is 11.3 Å². The van der Waals surface area contributed by atoms with Gasteiger partial charge in [-0.05, 0) is 31.6 Å². The molecule has 0 saturated carbocycles. The Morgan fingerprint density at radius 3 is 2.89 bits per heavy atom. The first-order chi connectivity index (χ1) is 8.65. The zero-order valence-corrected chi connectivity index (χ0v) is 11.0. The van der Waals surface area contributed by atoms with Crippen LogP contribution < -0.4 is 5.32 Å². The highest BCUT2D eigenvalue weighted by molar-refractivity contribution is 7.15. The quantitative estimate of drug-likeness (QED) is 0.862. The molecule has 0 radical (unpaired) electrons. The summed E-state index contributed by atoms with van der Waals surface area (Å²) in [5.74, 6) is -0.187. The number of carbonyl (C=O) groups excluding carboxylic acids is 1. The Balaban J connectivity index is 1.99. The van der Waals surface area contributed by atoms with E-state index in [2.05, 4.69) is 15.3 Å². The fraction of sp³-hybridized carbons (Fsp3) is 0.154. The fourth-order valence-electron chi connectivity index (χ4n) is 1.32. The number of amides is 1. The number of pyridine rings is 1. The van der Waals surface area contributed by atoms with E-state index in [9.17, 15) is 4.79 Å². The van der Waals surface area contributed by atoms with Crippen molar-refractivity contribution in [3.8, 4) is 0 Å². The Bertz CT molecular complexity index is 556. The van der Waals surface area contributed by atoms with Crippen LogP contribution in [0.1, 0.15) is 16.1 Å². The van der Waals surface area contributed by atoms with Crippen LogP contribution in [0, 0.1) is 13.8 Å². The predicted octanol–water partition coefficient (Wildman–Crippen LogP) is 2.81. The zero-order valence-electron chi connectivity index (χ0n) is 10.2. The maximum Gasteiger partial charge on any atom is 0.250 e. The molecule has 0 saturated heterocycles. The minimum atomic E-state index is -0.187. The fourth-order valence-corrected chi connectivity index (χ4v) is 2.14. The first kappa shape index (κ1) is 12.4. The van der Waals surface area contributed by atoms with Crippen molar-refractivity contribution < 1.29 is 4.79 Å². The van der Waals surface area contributed by atoms with Gasteiger partial charge in [0.2, 0.25) is 5.91 Å². The summed E-state index contributed by atoms with van der Waals surface area (Å²) < 4.78 is 0. The summed E-state index contributed by atoms with van der Waals surface area (Å²) in [5, 5.41) is 3.37. The number of nitrogens with one attached hydrogen (secondary N) is 1. The molecule has 1 amide bonds. The molecule has 2 rings (SSSR count). The van der Waals surface area contributed by atoms with Gasteiger partial charge in [-0.1, -0.05) is 6.07 Å². The third-order valence-corrected chi connectivity index (χ3v) is 3.36. The molecule has 18 heavy (non-hydrogen) atoms. The number of carbonyl (C=O) groups is 1. The second kappa shape index (κ2) is 5.55. The van der Waals surface area contributed by atoms with Crippen molar-refractivity contribution in [2.45, 2.75) is 13.8 Å². The second-order valence-corrected chi connectivity index (χ2v) is 4.97. The van der Waals surface area contributed by atoms with Crippen molar-refractivity contribution in [1.82, 2.24) is 9.97 Å². The van der Waals surface area contributed by atoms with Crippen molar-refractivity contribution in [2.75, 3.05) is 5.32 Å². The average Bonchev–Trinajstić information content (AvgIpc) is 2.67. The summed E-state index contributed by atoms with van der Waals surface area (Å²) in [6.45, 7) is 3.90.